The number of hydrogen-bond acceptors (Lipinski definition) is 4. The Labute approximate surface area is 113 Å². The van der Waals surface area contributed by atoms with E-state index in [1.165, 1.54) is 6.07 Å². The van der Waals surface area contributed by atoms with E-state index in [1.54, 1.807) is 17.0 Å². The third-order valence-corrected chi connectivity index (χ3v) is 2.71. The van der Waals surface area contributed by atoms with Gasteiger partial charge in [-0.1, -0.05) is 19.9 Å². The molecule has 5 heteroatoms. The molecule has 19 heavy (non-hydrogen) atoms. The molecule has 2 N–H and O–H groups in total. The van der Waals surface area contributed by atoms with Gasteiger partial charge in [-0.05, 0) is 18.1 Å². The van der Waals surface area contributed by atoms with Gasteiger partial charge in [0.1, 0.15) is 5.82 Å². The molecular weight excluding hydrogens is 244 g/mol. The lowest BCUT2D eigenvalue weighted by Gasteiger charge is -2.22. The molecule has 104 valence electrons. The zero-order valence-electron chi connectivity index (χ0n) is 11.3. The molecule has 0 aliphatic heterocycles. The fourth-order valence-electron chi connectivity index (χ4n) is 1.69. The van der Waals surface area contributed by atoms with Crippen LogP contribution >= 0.6 is 0 Å². The maximum Gasteiger partial charge on any atom is 0.335 e. The van der Waals surface area contributed by atoms with Crippen LogP contribution in [0.3, 0.4) is 0 Å². The Morgan fingerprint density at radius 2 is 2.21 bits per heavy atom. The molecule has 0 spiro atoms. The second-order valence-electron chi connectivity index (χ2n) is 4.56. The van der Waals surface area contributed by atoms with Crippen LogP contribution in [0.15, 0.2) is 24.8 Å². The molecule has 0 aliphatic carbocycles. The summed E-state index contributed by atoms with van der Waals surface area (Å²) in [6.07, 6.45) is 1.69. The van der Waals surface area contributed by atoms with Crippen LogP contribution in [0.25, 0.3) is 0 Å². The van der Waals surface area contributed by atoms with Crippen LogP contribution in [0.4, 0.5) is 5.82 Å². The van der Waals surface area contributed by atoms with Crippen molar-refractivity contribution in [2.45, 2.75) is 19.8 Å². The first-order valence-electron chi connectivity index (χ1n) is 6.21. The third-order valence-electron chi connectivity index (χ3n) is 2.71. The summed E-state index contributed by atoms with van der Waals surface area (Å²) in [5.74, 6) is -0.289. The van der Waals surface area contributed by atoms with Crippen molar-refractivity contribution in [2.24, 2.45) is 0 Å². The van der Waals surface area contributed by atoms with Crippen LogP contribution in [0, 0.1) is 0 Å². The maximum absolute atomic E-state index is 11.2. The van der Waals surface area contributed by atoms with E-state index < -0.39 is 5.97 Å². The van der Waals surface area contributed by atoms with Crippen molar-refractivity contribution in [3.63, 3.8) is 0 Å². The van der Waals surface area contributed by atoms with Crippen LogP contribution < -0.4 is 4.90 Å². The number of pyridine rings is 1. The number of carbonyl (C=O) groups is 1. The zero-order chi connectivity index (χ0) is 14.4. The minimum absolute atomic E-state index is 0.0240. The molecule has 0 saturated heterocycles. The third kappa shape index (κ3) is 4.06. The number of hydrogen-bond donors (Lipinski definition) is 2. The molecule has 1 aromatic heterocycles. The van der Waals surface area contributed by atoms with E-state index in [2.05, 4.69) is 11.6 Å². The number of carboxylic acid groups (broad SMARTS) is 1. The summed E-state index contributed by atoms with van der Waals surface area (Å²) in [7, 11) is 0. The summed E-state index contributed by atoms with van der Waals surface area (Å²) in [5.41, 5.74) is 0.933. The van der Waals surface area contributed by atoms with Gasteiger partial charge in [-0.25, -0.2) is 9.78 Å². The molecule has 1 aromatic rings. The molecule has 0 atom stereocenters. The largest absolute Gasteiger partial charge is 0.478 e. The lowest BCUT2D eigenvalue weighted by atomic mass is 10.1. The standard InChI is InChI=1S/C14H20N2O3/c1-4-5-16(6-7-17)13-9-11(14(18)19)8-12(15-13)10(2)3/h4,8-10,17H,1,5-7H2,2-3H3,(H,18,19). The quantitative estimate of drug-likeness (QED) is 0.736. The van der Waals surface area contributed by atoms with E-state index in [-0.39, 0.29) is 18.1 Å². The van der Waals surface area contributed by atoms with E-state index in [1.807, 2.05) is 13.8 Å². The number of aliphatic hydroxyl groups is 1. The lowest BCUT2D eigenvalue weighted by molar-refractivity contribution is 0.0696. The van der Waals surface area contributed by atoms with Crippen LogP contribution in [0.5, 0.6) is 0 Å². The van der Waals surface area contributed by atoms with Gasteiger partial charge >= 0.3 is 5.97 Å². The maximum atomic E-state index is 11.2. The molecule has 1 heterocycles. The van der Waals surface area contributed by atoms with Crippen LogP contribution in [0.1, 0.15) is 35.8 Å². The highest BCUT2D eigenvalue weighted by Crippen LogP contribution is 2.20. The highest BCUT2D eigenvalue weighted by atomic mass is 16.4. The molecule has 5 nitrogen and oxygen atoms in total. The van der Waals surface area contributed by atoms with Crippen molar-refractivity contribution in [3.05, 3.63) is 36.0 Å². The van der Waals surface area contributed by atoms with Gasteiger partial charge in [0, 0.05) is 18.8 Å². The van der Waals surface area contributed by atoms with E-state index in [0.29, 0.717) is 18.9 Å². The molecule has 0 amide bonds. The number of carboxylic acids is 1. The Balaban J connectivity index is 3.23. The van der Waals surface area contributed by atoms with E-state index in [4.69, 9.17) is 10.2 Å². The summed E-state index contributed by atoms with van der Waals surface area (Å²) in [6, 6.07) is 3.11. The number of aliphatic hydroxyl groups excluding tert-OH is 1. The summed E-state index contributed by atoms with van der Waals surface area (Å²) >= 11 is 0. The summed E-state index contributed by atoms with van der Waals surface area (Å²) < 4.78 is 0. The zero-order valence-corrected chi connectivity index (χ0v) is 11.3. The molecule has 0 aromatic carbocycles. The molecular formula is C14H20N2O3. The Bertz CT molecular complexity index is 458. The minimum atomic E-state index is -0.979. The van der Waals surface area contributed by atoms with Crippen molar-refractivity contribution in [2.75, 3.05) is 24.6 Å². The van der Waals surface area contributed by atoms with E-state index in [0.717, 1.165) is 5.69 Å². The predicted octanol–water partition coefficient (Wildman–Crippen LogP) is 1.89. The van der Waals surface area contributed by atoms with Crippen molar-refractivity contribution < 1.29 is 15.0 Å². The molecule has 1 rings (SSSR count). The van der Waals surface area contributed by atoms with Gasteiger partial charge < -0.3 is 15.1 Å². The Hall–Kier alpha value is -1.88. The number of rotatable bonds is 7. The fourth-order valence-corrected chi connectivity index (χ4v) is 1.69. The summed E-state index contributed by atoms with van der Waals surface area (Å²) in [4.78, 5) is 17.4. The number of aromatic nitrogens is 1. The Kier molecular flexibility index (Phi) is 5.51. The molecule has 0 saturated carbocycles. The van der Waals surface area contributed by atoms with Gasteiger partial charge in [-0.3, -0.25) is 0 Å². The Morgan fingerprint density at radius 1 is 1.53 bits per heavy atom. The van der Waals surface area contributed by atoms with Gasteiger partial charge in [0.05, 0.1) is 12.2 Å². The van der Waals surface area contributed by atoms with Crippen molar-refractivity contribution in [3.8, 4) is 0 Å². The topological polar surface area (TPSA) is 73.7 Å². The fraction of sp³-hybridized carbons (Fsp3) is 0.429. The van der Waals surface area contributed by atoms with Gasteiger partial charge in [-0.2, -0.15) is 0 Å². The van der Waals surface area contributed by atoms with Crippen LogP contribution in [0.2, 0.25) is 0 Å². The summed E-state index contributed by atoms with van der Waals surface area (Å²) in [6.45, 7) is 8.45. The summed E-state index contributed by atoms with van der Waals surface area (Å²) in [5, 5.41) is 18.2. The molecule has 0 aliphatic rings. The molecule has 0 radical (unpaired) electrons. The first kappa shape index (κ1) is 15.2. The van der Waals surface area contributed by atoms with Gasteiger partial charge in [0.2, 0.25) is 0 Å². The minimum Gasteiger partial charge on any atom is -0.478 e. The second-order valence-corrected chi connectivity index (χ2v) is 4.56. The average molecular weight is 264 g/mol. The normalized spacial score (nSPS) is 10.5. The number of anilines is 1. The highest BCUT2D eigenvalue weighted by molar-refractivity contribution is 5.88. The van der Waals surface area contributed by atoms with Gasteiger partial charge in [0.25, 0.3) is 0 Å². The smallest absolute Gasteiger partial charge is 0.335 e. The highest BCUT2D eigenvalue weighted by Gasteiger charge is 2.14. The average Bonchev–Trinajstić information content (AvgIpc) is 2.37. The van der Waals surface area contributed by atoms with Gasteiger partial charge in [-0.15, -0.1) is 6.58 Å². The van der Waals surface area contributed by atoms with Crippen molar-refractivity contribution >= 4 is 11.8 Å². The van der Waals surface area contributed by atoms with E-state index in [9.17, 15) is 4.79 Å². The van der Waals surface area contributed by atoms with Crippen molar-refractivity contribution in [1.82, 2.24) is 4.98 Å². The SMILES string of the molecule is C=CCN(CCO)c1cc(C(=O)O)cc(C(C)C)n1. The number of nitrogens with zero attached hydrogens (tertiary/aromatic N) is 2. The van der Waals surface area contributed by atoms with Crippen LogP contribution in [-0.2, 0) is 0 Å². The molecule has 0 bridgehead atoms. The number of aromatic carboxylic acids is 1. The lowest BCUT2D eigenvalue weighted by Crippen LogP contribution is -2.28. The first-order chi connectivity index (χ1) is 8.99. The first-order valence-corrected chi connectivity index (χ1v) is 6.21. The Morgan fingerprint density at radius 3 is 2.68 bits per heavy atom. The second kappa shape index (κ2) is 6.89. The van der Waals surface area contributed by atoms with Gasteiger partial charge in [0.15, 0.2) is 0 Å². The molecule has 0 unspecified atom stereocenters. The monoisotopic (exact) mass is 264 g/mol. The predicted molar refractivity (Wildman–Crippen MR) is 74.8 cm³/mol. The van der Waals surface area contributed by atoms with Crippen LogP contribution in [-0.4, -0.2) is 40.9 Å². The molecule has 0 fully saturated rings. The van der Waals surface area contributed by atoms with E-state index >= 15 is 0 Å². The van der Waals surface area contributed by atoms with Crippen molar-refractivity contribution in [1.29, 1.82) is 0 Å².